The summed E-state index contributed by atoms with van der Waals surface area (Å²) in [5.41, 5.74) is 2.93. The summed E-state index contributed by atoms with van der Waals surface area (Å²) in [5, 5.41) is 11.9. The van der Waals surface area contributed by atoms with Crippen molar-refractivity contribution in [2.24, 2.45) is 0 Å². The minimum atomic E-state index is -0.472. The third kappa shape index (κ3) is 5.85. The minimum Gasteiger partial charge on any atom is -0.368 e. The second kappa shape index (κ2) is 10.7. The molecule has 1 unspecified atom stereocenters. The van der Waals surface area contributed by atoms with E-state index in [1.165, 1.54) is 12.1 Å². The van der Waals surface area contributed by atoms with Crippen LogP contribution in [0.4, 0.5) is 10.1 Å². The Morgan fingerprint density at radius 3 is 2.50 bits per heavy atom. The SMILES string of the molecule is N#Cc1ccc(CN(Cc2cccc(F)c2)C(=O)c2cccc(NC(=O)C3CCCO3)c2)cc1. The Bertz CT molecular complexity index is 1210. The van der Waals surface area contributed by atoms with Gasteiger partial charge in [-0.25, -0.2) is 4.39 Å². The summed E-state index contributed by atoms with van der Waals surface area (Å²) in [5.74, 6) is -0.861. The number of carbonyl (C=O) groups is 2. The Hall–Kier alpha value is -4.02. The molecule has 0 radical (unpaired) electrons. The molecular weight excluding hydrogens is 433 g/mol. The van der Waals surface area contributed by atoms with E-state index in [0.29, 0.717) is 35.4 Å². The number of anilines is 1. The van der Waals surface area contributed by atoms with E-state index in [0.717, 1.165) is 12.0 Å². The standard InChI is InChI=1S/C27H24FN3O3/c28-23-6-1-4-21(14-23)18-31(17-20-11-9-19(16-29)10-12-20)27(33)22-5-2-7-24(15-22)30-26(32)25-8-3-13-34-25/h1-2,4-7,9-12,14-15,25H,3,8,13,17-18H2,(H,30,32). The summed E-state index contributed by atoms with van der Waals surface area (Å²) in [6.07, 6.45) is 1.05. The summed E-state index contributed by atoms with van der Waals surface area (Å²) < 4.78 is 19.2. The van der Waals surface area contributed by atoms with E-state index >= 15 is 0 Å². The second-order valence-corrected chi connectivity index (χ2v) is 8.17. The maximum Gasteiger partial charge on any atom is 0.254 e. The minimum absolute atomic E-state index is 0.198. The van der Waals surface area contributed by atoms with Crippen molar-refractivity contribution in [1.29, 1.82) is 5.26 Å². The summed E-state index contributed by atoms with van der Waals surface area (Å²) in [4.78, 5) is 27.5. The van der Waals surface area contributed by atoms with Gasteiger partial charge in [-0.1, -0.05) is 30.3 Å². The van der Waals surface area contributed by atoms with Crippen LogP contribution in [-0.4, -0.2) is 29.4 Å². The Balaban J connectivity index is 1.56. The van der Waals surface area contributed by atoms with Gasteiger partial charge in [-0.05, 0) is 66.4 Å². The molecule has 1 heterocycles. The number of nitriles is 1. The van der Waals surface area contributed by atoms with E-state index in [1.54, 1.807) is 65.6 Å². The van der Waals surface area contributed by atoms with Crippen molar-refractivity contribution in [3.8, 4) is 6.07 Å². The van der Waals surface area contributed by atoms with Crippen molar-refractivity contribution in [1.82, 2.24) is 4.90 Å². The molecule has 0 spiro atoms. The molecule has 1 saturated heterocycles. The second-order valence-electron chi connectivity index (χ2n) is 8.17. The number of ether oxygens (including phenoxy) is 1. The number of hydrogen-bond acceptors (Lipinski definition) is 4. The zero-order chi connectivity index (χ0) is 23.9. The van der Waals surface area contributed by atoms with E-state index in [9.17, 15) is 14.0 Å². The monoisotopic (exact) mass is 457 g/mol. The first-order valence-electron chi connectivity index (χ1n) is 11.1. The van der Waals surface area contributed by atoms with Crippen molar-refractivity contribution < 1.29 is 18.7 Å². The smallest absolute Gasteiger partial charge is 0.254 e. The number of carbonyl (C=O) groups excluding carboxylic acids is 2. The molecule has 1 fully saturated rings. The maximum atomic E-state index is 13.8. The number of rotatable bonds is 7. The quantitative estimate of drug-likeness (QED) is 0.560. The van der Waals surface area contributed by atoms with Gasteiger partial charge in [0.2, 0.25) is 0 Å². The van der Waals surface area contributed by atoms with E-state index in [1.807, 2.05) is 0 Å². The highest BCUT2D eigenvalue weighted by Crippen LogP contribution is 2.20. The lowest BCUT2D eigenvalue weighted by atomic mass is 10.1. The predicted octanol–water partition coefficient (Wildman–Crippen LogP) is 4.66. The lowest BCUT2D eigenvalue weighted by Crippen LogP contribution is -2.30. The van der Waals surface area contributed by atoms with Crippen LogP contribution in [-0.2, 0) is 22.6 Å². The molecule has 7 heteroatoms. The maximum absolute atomic E-state index is 13.8. The molecule has 1 aliphatic heterocycles. The van der Waals surface area contributed by atoms with Crippen LogP contribution in [0.3, 0.4) is 0 Å². The molecule has 1 aliphatic rings. The van der Waals surface area contributed by atoms with Gasteiger partial charge < -0.3 is 15.0 Å². The van der Waals surface area contributed by atoms with Crippen molar-refractivity contribution in [3.63, 3.8) is 0 Å². The van der Waals surface area contributed by atoms with Crippen LogP contribution in [0.1, 0.15) is 39.9 Å². The van der Waals surface area contributed by atoms with Crippen molar-refractivity contribution >= 4 is 17.5 Å². The Labute approximate surface area is 197 Å². The molecule has 2 amide bonds. The Morgan fingerprint density at radius 2 is 1.79 bits per heavy atom. The molecule has 34 heavy (non-hydrogen) atoms. The molecule has 1 atom stereocenters. The van der Waals surface area contributed by atoms with Crippen LogP contribution < -0.4 is 5.32 Å². The average Bonchev–Trinajstić information content (AvgIpc) is 3.39. The van der Waals surface area contributed by atoms with E-state index in [-0.39, 0.29) is 30.7 Å². The van der Waals surface area contributed by atoms with Gasteiger partial charge >= 0.3 is 0 Å². The first-order valence-corrected chi connectivity index (χ1v) is 11.1. The number of benzene rings is 3. The average molecular weight is 458 g/mol. The Kier molecular flexibility index (Phi) is 7.31. The largest absolute Gasteiger partial charge is 0.368 e. The fourth-order valence-electron chi connectivity index (χ4n) is 3.88. The van der Waals surface area contributed by atoms with Gasteiger partial charge in [0.05, 0.1) is 11.6 Å². The van der Waals surface area contributed by atoms with Crippen LogP contribution in [0, 0.1) is 17.1 Å². The molecule has 0 saturated carbocycles. The van der Waals surface area contributed by atoms with E-state index in [4.69, 9.17) is 10.00 Å². The van der Waals surface area contributed by atoms with Crippen LogP contribution in [0.15, 0.2) is 72.8 Å². The lowest BCUT2D eigenvalue weighted by Gasteiger charge is -2.24. The molecule has 1 N–H and O–H groups in total. The van der Waals surface area contributed by atoms with Crippen molar-refractivity contribution in [2.75, 3.05) is 11.9 Å². The first kappa shape index (κ1) is 23.1. The van der Waals surface area contributed by atoms with Gasteiger partial charge in [-0.2, -0.15) is 5.26 Å². The highest BCUT2D eigenvalue weighted by molar-refractivity contribution is 5.98. The van der Waals surface area contributed by atoms with E-state index in [2.05, 4.69) is 11.4 Å². The first-order chi connectivity index (χ1) is 16.5. The van der Waals surface area contributed by atoms with Crippen LogP contribution >= 0.6 is 0 Å². The number of hydrogen-bond donors (Lipinski definition) is 1. The third-order valence-electron chi connectivity index (χ3n) is 5.61. The van der Waals surface area contributed by atoms with Crippen molar-refractivity contribution in [3.05, 3.63) is 101 Å². The van der Waals surface area contributed by atoms with Gasteiger partial charge in [0, 0.05) is 30.9 Å². The molecule has 3 aromatic carbocycles. The predicted molar refractivity (Wildman–Crippen MR) is 125 cm³/mol. The number of nitrogens with zero attached hydrogens (tertiary/aromatic N) is 2. The van der Waals surface area contributed by atoms with Gasteiger partial charge in [0.25, 0.3) is 11.8 Å². The molecule has 0 aromatic heterocycles. The molecule has 3 aromatic rings. The summed E-state index contributed by atoms with van der Waals surface area (Å²) in [7, 11) is 0. The molecule has 0 aliphatic carbocycles. The van der Waals surface area contributed by atoms with Gasteiger partial charge in [0.15, 0.2) is 0 Å². The highest BCUT2D eigenvalue weighted by Gasteiger charge is 2.24. The fraction of sp³-hybridized carbons (Fsp3) is 0.222. The summed E-state index contributed by atoms with van der Waals surface area (Å²) >= 11 is 0. The molecule has 6 nitrogen and oxygen atoms in total. The Morgan fingerprint density at radius 1 is 1.03 bits per heavy atom. The van der Waals surface area contributed by atoms with Gasteiger partial charge in [-0.15, -0.1) is 0 Å². The van der Waals surface area contributed by atoms with Crippen LogP contribution in [0.25, 0.3) is 0 Å². The topological polar surface area (TPSA) is 82.4 Å². The van der Waals surface area contributed by atoms with Crippen LogP contribution in [0.5, 0.6) is 0 Å². The zero-order valence-electron chi connectivity index (χ0n) is 18.5. The molecular formula is C27H24FN3O3. The van der Waals surface area contributed by atoms with Gasteiger partial charge in [0.1, 0.15) is 11.9 Å². The van der Waals surface area contributed by atoms with E-state index < -0.39 is 6.10 Å². The van der Waals surface area contributed by atoms with Gasteiger partial charge in [-0.3, -0.25) is 9.59 Å². The summed E-state index contributed by atoms with van der Waals surface area (Å²) in [6, 6.07) is 21.9. The normalized spacial score (nSPS) is 14.9. The number of nitrogens with one attached hydrogen (secondary N) is 1. The molecule has 4 rings (SSSR count). The van der Waals surface area contributed by atoms with Crippen LogP contribution in [0.2, 0.25) is 0 Å². The molecule has 172 valence electrons. The third-order valence-corrected chi connectivity index (χ3v) is 5.61. The number of halogens is 1. The zero-order valence-corrected chi connectivity index (χ0v) is 18.5. The summed E-state index contributed by atoms with van der Waals surface area (Å²) in [6.45, 7) is 1.04. The lowest BCUT2D eigenvalue weighted by molar-refractivity contribution is -0.124. The highest BCUT2D eigenvalue weighted by atomic mass is 19.1. The number of amides is 2. The van der Waals surface area contributed by atoms with Crippen molar-refractivity contribution in [2.45, 2.75) is 32.0 Å². The molecule has 0 bridgehead atoms. The fourth-order valence-corrected chi connectivity index (χ4v) is 3.88.